The van der Waals surface area contributed by atoms with Gasteiger partial charge in [-0.05, 0) is 30.5 Å². The van der Waals surface area contributed by atoms with Crippen LogP contribution in [0.4, 0.5) is 4.39 Å². The van der Waals surface area contributed by atoms with Gasteiger partial charge in [0.15, 0.2) is 17.8 Å². The van der Waals surface area contributed by atoms with Crippen LogP contribution in [0.1, 0.15) is 19.4 Å². The van der Waals surface area contributed by atoms with Crippen molar-refractivity contribution in [3.05, 3.63) is 78.1 Å². The Labute approximate surface area is 219 Å². The zero-order valence-electron chi connectivity index (χ0n) is 21.1. The minimum Gasteiger partial charge on any atom is -0.470 e. The number of hydrogen-bond donors (Lipinski definition) is 3. The van der Waals surface area contributed by atoms with Crippen molar-refractivity contribution in [3.8, 4) is 28.3 Å². The summed E-state index contributed by atoms with van der Waals surface area (Å²) in [5, 5.41) is 19.8. The monoisotopic (exact) mass is 516 g/mol. The Morgan fingerprint density at radius 1 is 0.974 bits per heavy atom. The molecule has 2 aliphatic heterocycles. The normalized spacial score (nSPS) is 23.4. The van der Waals surface area contributed by atoms with Gasteiger partial charge in [-0.2, -0.15) is 0 Å². The van der Waals surface area contributed by atoms with Gasteiger partial charge in [0.25, 0.3) is 0 Å². The predicted molar refractivity (Wildman–Crippen MR) is 142 cm³/mol. The van der Waals surface area contributed by atoms with Crippen LogP contribution in [0.5, 0.6) is 5.88 Å². The van der Waals surface area contributed by atoms with Gasteiger partial charge in [-0.25, -0.2) is 9.37 Å². The number of nitrogens with zero attached hydrogens (tertiary/aromatic N) is 1. The Balaban J connectivity index is 1.19. The molecule has 4 atom stereocenters. The Bertz CT molecular complexity index is 1470. The second kappa shape index (κ2) is 9.63. The topological polar surface area (TPSA) is 96.8 Å². The molecule has 0 aliphatic carbocycles. The first-order valence-corrected chi connectivity index (χ1v) is 12.6. The van der Waals surface area contributed by atoms with E-state index in [9.17, 15) is 10.2 Å². The number of aromatic nitrogens is 2. The van der Waals surface area contributed by atoms with Crippen molar-refractivity contribution in [2.45, 2.75) is 43.9 Å². The lowest BCUT2D eigenvalue weighted by atomic mass is 10.0. The molecule has 0 amide bonds. The second-order valence-corrected chi connectivity index (χ2v) is 10.4. The standard InChI is InChI=1S/C30H29FN2O5/c1-30(2,35)12-11-17-3-5-18(6-4-17)19-7-9-20(10-8-19)27-21(31)13-22-23(33-27)14-26(32-22)38-25-16-37-28-24(34)15-36-29(25)28/h3-14,24-25,28-29,32,34-35H,15-16H2,1-2H3/b12-11+/t24-,25-,28?,29?/m1/s1. The first kappa shape index (κ1) is 24.8. The number of nitrogens with one attached hydrogen (secondary N) is 1. The van der Waals surface area contributed by atoms with Gasteiger partial charge in [0.05, 0.1) is 29.8 Å². The largest absolute Gasteiger partial charge is 0.470 e. The molecular weight excluding hydrogens is 487 g/mol. The lowest BCUT2D eigenvalue weighted by molar-refractivity contribution is 0.00794. The van der Waals surface area contributed by atoms with E-state index in [1.807, 2.05) is 54.6 Å². The van der Waals surface area contributed by atoms with E-state index in [0.29, 0.717) is 29.1 Å². The zero-order chi connectivity index (χ0) is 26.4. The number of rotatable bonds is 6. The highest BCUT2D eigenvalue weighted by Gasteiger charge is 2.48. The number of aliphatic hydroxyl groups is 2. The fourth-order valence-electron chi connectivity index (χ4n) is 4.89. The van der Waals surface area contributed by atoms with Gasteiger partial charge in [0, 0.05) is 17.7 Å². The number of ether oxygens (including phenoxy) is 3. The summed E-state index contributed by atoms with van der Waals surface area (Å²) in [7, 11) is 0. The van der Waals surface area contributed by atoms with E-state index in [2.05, 4.69) is 9.97 Å². The number of aliphatic hydroxyl groups excluding tert-OH is 1. The van der Waals surface area contributed by atoms with Crippen molar-refractivity contribution in [2.24, 2.45) is 0 Å². The van der Waals surface area contributed by atoms with Crippen LogP contribution in [0.15, 0.2) is 66.7 Å². The SMILES string of the molecule is CC(C)(O)/C=C/c1ccc(-c2ccc(-c3nc4cc(O[C@@H]5COC6C5OC[C@H]6O)[nH]c4cc3F)cc2)cc1. The molecule has 2 saturated heterocycles. The Kier molecular flexibility index (Phi) is 6.28. The van der Waals surface area contributed by atoms with E-state index in [1.165, 1.54) is 6.07 Å². The molecular formula is C30H29FN2O5. The van der Waals surface area contributed by atoms with Crippen molar-refractivity contribution < 1.29 is 28.8 Å². The van der Waals surface area contributed by atoms with Crippen molar-refractivity contribution in [1.29, 1.82) is 0 Å². The van der Waals surface area contributed by atoms with E-state index in [0.717, 1.165) is 16.7 Å². The van der Waals surface area contributed by atoms with Crippen LogP contribution in [0.25, 0.3) is 39.5 Å². The molecule has 0 radical (unpaired) electrons. The summed E-state index contributed by atoms with van der Waals surface area (Å²) >= 11 is 0. The molecule has 0 bridgehead atoms. The van der Waals surface area contributed by atoms with Gasteiger partial charge in [-0.15, -0.1) is 0 Å². The molecule has 0 spiro atoms. The van der Waals surface area contributed by atoms with Crippen molar-refractivity contribution >= 4 is 17.1 Å². The fourth-order valence-corrected chi connectivity index (χ4v) is 4.89. The van der Waals surface area contributed by atoms with Crippen LogP contribution in [-0.2, 0) is 9.47 Å². The zero-order valence-corrected chi connectivity index (χ0v) is 21.1. The summed E-state index contributed by atoms with van der Waals surface area (Å²) in [6.45, 7) is 4.00. The van der Waals surface area contributed by atoms with Crippen molar-refractivity contribution in [1.82, 2.24) is 9.97 Å². The van der Waals surface area contributed by atoms with Gasteiger partial charge in [0.2, 0.25) is 0 Å². The maximum atomic E-state index is 15.0. The van der Waals surface area contributed by atoms with E-state index < -0.39 is 17.5 Å². The molecule has 2 aliphatic rings. The second-order valence-electron chi connectivity index (χ2n) is 10.4. The number of H-pyrrole nitrogens is 1. The molecule has 7 nitrogen and oxygen atoms in total. The first-order valence-electron chi connectivity index (χ1n) is 12.6. The van der Waals surface area contributed by atoms with Gasteiger partial charge in [-0.3, -0.25) is 0 Å². The molecule has 196 valence electrons. The third kappa shape index (κ3) is 4.96. The highest BCUT2D eigenvalue weighted by atomic mass is 19.1. The van der Waals surface area contributed by atoms with Crippen LogP contribution >= 0.6 is 0 Å². The van der Waals surface area contributed by atoms with Crippen LogP contribution in [0.3, 0.4) is 0 Å². The van der Waals surface area contributed by atoms with Gasteiger partial charge in [0.1, 0.15) is 24.0 Å². The molecule has 8 heteroatoms. The van der Waals surface area contributed by atoms with Crippen molar-refractivity contribution in [3.63, 3.8) is 0 Å². The maximum absolute atomic E-state index is 15.0. The highest BCUT2D eigenvalue weighted by Crippen LogP contribution is 2.32. The summed E-state index contributed by atoms with van der Waals surface area (Å²) < 4.78 is 32.3. The van der Waals surface area contributed by atoms with Crippen molar-refractivity contribution in [2.75, 3.05) is 13.2 Å². The smallest absolute Gasteiger partial charge is 0.193 e. The quantitative estimate of drug-likeness (QED) is 0.343. The lowest BCUT2D eigenvalue weighted by Crippen LogP contribution is -2.34. The van der Waals surface area contributed by atoms with E-state index in [1.54, 1.807) is 26.0 Å². The van der Waals surface area contributed by atoms with Crippen LogP contribution in [0, 0.1) is 5.82 Å². The number of hydrogen-bond acceptors (Lipinski definition) is 6. The highest BCUT2D eigenvalue weighted by molar-refractivity contribution is 5.81. The molecule has 0 saturated carbocycles. The third-order valence-electron chi connectivity index (χ3n) is 6.88. The molecule has 2 aromatic heterocycles. The van der Waals surface area contributed by atoms with E-state index >= 15 is 4.39 Å². The molecule has 6 rings (SSSR count). The molecule has 2 unspecified atom stereocenters. The summed E-state index contributed by atoms with van der Waals surface area (Å²) in [4.78, 5) is 7.62. The van der Waals surface area contributed by atoms with E-state index in [4.69, 9.17) is 14.2 Å². The maximum Gasteiger partial charge on any atom is 0.193 e. The summed E-state index contributed by atoms with van der Waals surface area (Å²) in [5.41, 5.74) is 4.20. The number of benzene rings is 2. The van der Waals surface area contributed by atoms with Gasteiger partial charge < -0.3 is 29.4 Å². The molecule has 4 aromatic rings. The summed E-state index contributed by atoms with van der Waals surface area (Å²) in [6.07, 6.45) is 1.90. The average molecular weight is 517 g/mol. The minimum atomic E-state index is -0.862. The molecule has 2 fully saturated rings. The molecule has 38 heavy (non-hydrogen) atoms. The fraction of sp³-hybridized carbons (Fsp3) is 0.300. The van der Waals surface area contributed by atoms with Gasteiger partial charge in [-0.1, -0.05) is 60.7 Å². The average Bonchev–Trinajstić information content (AvgIpc) is 3.59. The Morgan fingerprint density at radius 2 is 1.63 bits per heavy atom. The summed E-state index contributed by atoms with van der Waals surface area (Å²) in [6, 6.07) is 18.8. The molecule has 2 aromatic carbocycles. The molecule has 3 N–H and O–H groups in total. The summed E-state index contributed by atoms with van der Waals surface area (Å²) in [5.74, 6) is 0.00703. The van der Waals surface area contributed by atoms with Crippen LogP contribution in [0.2, 0.25) is 0 Å². The minimum absolute atomic E-state index is 0.225. The number of pyridine rings is 1. The molecule has 4 heterocycles. The Morgan fingerprint density at radius 3 is 2.34 bits per heavy atom. The predicted octanol–water partition coefficient (Wildman–Crippen LogP) is 4.73. The lowest BCUT2D eigenvalue weighted by Gasteiger charge is -2.16. The number of fused-ring (bicyclic) bond motifs is 2. The first-order chi connectivity index (χ1) is 18.2. The number of halogens is 1. The Hall–Kier alpha value is -3.56. The van der Waals surface area contributed by atoms with E-state index in [-0.39, 0.29) is 30.6 Å². The van der Waals surface area contributed by atoms with Gasteiger partial charge >= 0.3 is 0 Å². The third-order valence-corrected chi connectivity index (χ3v) is 6.88. The number of aromatic amines is 1. The van der Waals surface area contributed by atoms with Crippen LogP contribution in [-0.4, -0.2) is 63.4 Å². The van der Waals surface area contributed by atoms with Crippen LogP contribution < -0.4 is 4.74 Å².